The average molecular weight is 397 g/mol. The van der Waals surface area contributed by atoms with Gasteiger partial charge in [0.1, 0.15) is 0 Å². The Labute approximate surface area is 171 Å². The minimum Gasteiger partial charge on any atom is -0.338 e. The number of carbonyl (C=O) groups is 2. The molecule has 0 aliphatic carbocycles. The number of halogens is 1. The van der Waals surface area contributed by atoms with Crippen LogP contribution in [-0.4, -0.2) is 41.2 Å². The van der Waals surface area contributed by atoms with E-state index < -0.39 is 0 Å². The van der Waals surface area contributed by atoms with Crippen molar-refractivity contribution in [2.45, 2.75) is 19.4 Å². The van der Waals surface area contributed by atoms with Gasteiger partial charge in [0.15, 0.2) is 0 Å². The highest BCUT2D eigenvalue weighted by Gasteiger charge is 2.31. The fourth-order valence-electron chi connectivity index (χ4n) is 3.59. The number of amides is 2. The van der Waals surface area contributed by atoms with E-state index in [1.807, 2.05) is 35.2 Å². The first-order chi connectivity index (χ1) is 13.6. The summed E-state index contributed by atoms with van der Waals surface area (Å²) in [6.07, 6.45) is 3.37. The van der Waals surface area contributed by atoms with Gasteiger partial charge in [0.05, 0.1) is 5.92 Å². The van der Waals surface area contributed by atoms with Crippen molar-refractivity contribution in [2.24, 2.45) is 5.92 Å². The number of piperidine rings is 1. The van der Waals surface area contributed by atoms with Crippen molar-refractivity contribution >= 4 is 23.4 Å². The topological polar surface area (TPSA) is 40.6 Å². The van der Waals surface area contributed by atoms with Crippen LogP contribution in [0.25, 0.3) is 0 Å². The molecule has 28 heavy (non-hydrogen) atoms. The first kappa shape index (κ1) is 20.2. The lowest BCUT2D eigenvalue weighted by Crippen LogP contribution is -2.46. The average Bonchev–Trinajstić information content (AvgIpc) is 2.74. The highest BCUT2D eigenvalue weighted by Crippen LogP contribution is 2.22. The van der Waals surface area contributed by atoms with Gasteiger partial charge in [-0.2, -0.15) is 0 Å². The lowest BCUT2D eigenvalue weighted by atomic mass is 9.95. The van der Waals surface area contributed by atoms with Gasteiger partial charge in [0, 0.05) is 36.8 Å². The lowest BCUT2D eigenvalue weighted by molar-refractivity contribution is -0.137. The van der Waals surface area contributed by atoms with Crippen molar-refractivity contribution in [3.05, 3.63) is 83.4 Å². The quantitative estimate of drug-likeness (QED) is 0.678. The molecular formula is C23H25ClN2O2. The Hall–Kier alpha value is -2.59. The summed E-state index contributed by atoms with van der Waals surface area (Å²) < 4.78 is 0. The SMILES string of the molecule is C=CCN(Cc1ccccc1)C(=O)C1CCCN(C(=O)c2ccc(Cl)cc2)C1. The fourth-order valence-corrected chi connectivity index (χ4v) is 3.71. The number of hydrogen-bond acceptors (Lipinski definition) is 2. The minimum absolute atomic E-state index is 0.0486. The predicted octanol–water partition coefficient (Wildman–Crippen LogP) is 4.41. The van der Waals surface area contributed by atoms with E-state index in [0.29, 0.717) is 36.8 Å². The van der Waals surface area contributed by atoms with Crippen molar-refractivity contribution in [3.8, 4) is 0 Å². The highest BCUT2D eigenvalue weighted by atomic mass is 35.5. The number of carbonyl (C=O) groups excluding carboxylic acids is 2. The molecule has 0 spiro atoms. The van der Waals surface area contributed by atoms with E-state index >= 15 is 0 Å². The second-order valence-corrected chi connectivity index (χ2v) is 7.53. The molecule has 2 aromatic carbocycles. The number of benzene rings is 2. The molecule has 1 aliphatic heterocycles. The third-order valence-corrected chi connectivity index (χ3v) is 5.28. The van der Waals surface area contributed by atoms with E-state index in [9.17, 15) is 9.59 Å². The van der Waals surface area contributed by atoms with Crippen LogP contribution in [0.5, 0.6) is 0 Å². The zero-order valence-electron chi connectivity index (χ0n) is 15.9. The van der Waals surface area contributed by atoms with Crippen LogP contribution in [0, 0.1) is 5.92 Å². The summed E-state index contributed by atoms with van der Waals surface area (Å²) in [5.41, 5.74) is 1.69. The summed E-state index contributed by atoms with van der Waals surface area (Å²) in [4.78, 5) is 29.6. The van der Waals surface area contributed by atoms with Crippen LogP contribution in [0.2, 0.25) is 5.02 Å². The van der Waals surface area contributed by atoms with E-state index in [1.54, 1.807) is 35.2 Å². The molecule has 0 aromatic heterocycles. The molecule has 4 nitrogen and oxygen atoms in total. The Morgan fingerprint density at radius 1 is 1.14 bits per heavy atom. The molecule has 1 heterocycles. The maximum Gasteiger partial charge on any atom is 0.253 e. The van der Waals surface area contributed by atoms with Gasteiger partial charge >= 0.3 is 0 Å². The highest BCUT2D eigenvalue weighted by molar-refractivity contribution is 6.30. The largest absolute Gasteiger partial charge is 0.338 e. The van der Waals surface area contributed by atoms with Gasteiger partial charge in [-0.25, -0.2) is 0 Å². The van der Waals surface area contributed by atoms with Crippen LogP contribution in [0.4, 0.5) is 0 Å². The molecule has 1 unspecified atom stereocenters. The molecular weight excluding hydrogens is 372 g/mol. The van der Waals surface area contributed by atoms with Crippen molar-refractivity contribution in [2.75, 3.05) is 19.6 Å². The van der Waals surface area contributed by atoms with Crippen LogP contribution >= 0.6 is 11.6 Å². The number of likely N-dealkylation sites (tertiary alicyclic amines) is 1. The molecule has 0 bridgehead atoms. The standard InChI is InChI=1S/C23H25ClN2O2/c1-2-14-25(16-18-7-4-3-5-8-18)23(28)20-9-6-15-26(17-20)22(27)19-10-12-21(24)13-11-19/h2-5,7-8,10-13,20H,1,6,9,14-17H2. The monoisotopic (exact) mass is 396 g/mol. The summed E-state index contributed by atoms with van der Waals surface area (Å²) in [6, 6.07) is 16.8. The van der Waals surface area contributed by atoms with Crippen LogP contribution in [0.3, 0.4) is 0 Å². The Balaban J connectivity index is 1.68. The molecule has 5 heteroatoms. The number of nitrogens with zero attached hydrogens (tertiary/aromatic N) is 2. The normalized spacial score (nSPS) is 16.5. The smallest absolute Gasteiger partial charge is 0.253 e. The lowest BCUT2D eigenvalue weighted by Gasteiger charge is -2.35. The zero-order chi connectivity index (χ0) is 19.9. The van der Waals surface area contributed by atoms with Gasteiger partial charge in [-0.05, 0) is 42.7 Å². The predicted molar refractivity (Wildman–Crippen MR) is 112 cm³/mol. The summed E-state index contributed by atoms with van der Waals surface area (Å²) in [6.45, 7) is 5.95. The second-order valence-electron chi connectivity index (χ2n) is 7.09. The van der Waals surface area contributed by atoms with E-state index in [-0.39, 0.29) is 17.7 Å². The van der Waals surface area contributed by atoms with E-state index in [0.717, 1.165) is 18.4 Å². The third kappa shape index (κ3) is 5.02. The third-order valence-electron chi connectivity index (χ3n) is 5.03. The van der Waals surface area contributed by atoms with E-state index in [4.69, 9.17) is 11.6 Å². The first-order valence-electron chi connectivity index (χ1n) is 9.57. The van der Waals surface area contributed by atoms with Crippen LogP contribution < -0.4 is 0 Å². The van der Waals surface area contributed by atoms with Crippen molar-refractivity contribution in [1.82, 2.24) is 9.80 Å². The molecule has 3 rings (SSSR count). The minimum atomic E-state index is -0.186. The van der Waals surface area contributed by atoms with Gasteiger partial charge in [0.25, 0.3) is 5.91 Å². The molecule has 1 fully saturated rings. The Bertz CT molecular complexity index is 820. The van der Waals surface area contributed by atoms with Crippen molar-refractivity contribution < 1.29 is 9.59 Å². The molecule has 0 N–H and O–H groups in total. The molecule has 0 radical (unpaired) electrons. The van der Waals surface area contributed by atoms with Crippen LogP contribution in [0.15, 0.2) is 67.3 Å². The summed E-state index contributed by atoms with van der Waals surface area (Å²) in [7, 11) is 0. The fraction of sp³-hybridized carbons (Fsp3) is 0.304. The Morgan fingerprint density at radius 2 is 1.86 bits per heavy atom. The van der Waals surface area contributed by atoms with E-state index in [2.05, 4.69) is 6.58 Å². The van der Waals surface area contributed by atoms with Gasteiger partial charge < -0.3 is 9.80 Å². The molecule has 2 amide bonds. The van der Waals surface area contributed by atoms with Crippen molar-refractivity contribution in [1.29, 1.82) is 0 Å². The molecule has 1 atom stereocenters. The molecule has 0 saturated carbocycles. The van der Waals surface area contributed by atoms with Gasteiger partial charge in [-0.3, -0.25) is 9.59 Å². The van der Waals surface area contributed by atoms with Gasteiger partial charge in [-0.1, -0.05) is 48.0 Å². The maximum absolute atomic E-state index is 13.2. The zero-order valence-corrected chi connectivity index (χ0v) is 16.6. The molecule has 1 aliphatic rings. The van der Waals surface area contributed by atoms with E-state index in [1.165, 1.54) is 0 Å². The second kappa shape index (κ2) is 9.56. The first-order valence-corrected chi connectivity index (χ1v) is 9.94. The number of rotatable bonds is 6. The Morgan fingerprint density at radius 3 is 2.54 bits per heavy atom. The van der Waals surface area contributed by atoms with Crippen LogP contribution in [-0.2, 0) is 11.3 Å². The summed E-state index contributed by atoms with van der Waals surface area (Å²) in [5, 5.41) is 0.601. The Kier molecular flexibility index (Phi) is 6.88. The number of hydrogen-bond donors (Lipinski definition) is 0. The molecule has 2 aromatic rings. The maximum atomic E-state index is 13.2. The summed E-state index contributed by atoms with van der Waals surface area (Å²) in [5.74, 6) is -0.154. The molecule has 146 valence electrons. The molecule has 1 saturated heterocycles. The van der Waals surface area contributed by atoms with Crippen molar-refractivity contribution in [3.63, 3.8) is 0 Å². The van der Waals surface area contributed by atoms with Gasteiger partial charge in [-0.15, -0.1) is 6.58 Å². The van der Waals surface area contributed by atoms with Gasteiger partial charge in [0.2, 0.25) is 5.91 Å². The van der Waals surface area contributed by atoms with Crippen LogP contribution in [0.1, 0.15) is 28.8 Å². The summed E-state index contributed by atoms with van der Waals surface area (Å²) >= 11 is 5.91.